The van der Waals surface area contributed by atoms with Crippen molar-refractivity contribution in [1.29, 1.82) is 0 Å². The predicted molar refractivity (Wildman–Crippen MR) is 110 cm³/mol. The van der Waals surface area contributed by atoms with Gasteiger partial charge in [-0.3, -0.25) is 9.59 Å². The average Bonchev–Trinajstić information content (AvgIpc) is 2.61. The van der Waals surface area contributed by atoms with Gasteiger partial charge in [-0.15, -0.1) is 0 Å². The van der Waals surface area contributed by atoms with E-state index in [0.717, 1.165) is 29.2 Å². The largest absolute Gasteiger partial charge is 0.351 e. The lowest BCUT2D eigenvalue weighted by Crippen LogP contribution is -3.11. The van der Waals surface area contributed by atoms with E-state index in [9.17, 15) is 9.59 Å². The highest BCUT2D eigenvalue weighted by molar-refractivity contribution is 6.33. The van der Waals surface area contributed by atoms with Gasteiger partial charge in [0.1, 0.15) is 0 Å². The molecule has 0 radical (unpaired) electrons. The summed E-state index contributed by atoms with van der Waals surface area (Å²) >= 11 is 6.07. The zero-order valence-corrected chi connectivity index (χ0v) is 17.4. The van der Waals surface area contributed by atoms with Gasteiger partial charge in [0.05, 0.1) is 17.8 Å². The van der Waals surface area contributed by atoms with Crippen LogP contribution in [0.1, 0.15) is 38.5 Å². The fourth-order valence-corrected chi connectivity index (χ4v) is 6.41. The second-order valence-electron chi connectivity index (χ2n) is 9.53. The van der Waals surface area contributed by atoms with Crippen LogP contribution in [-0.2, 0) is 9.59 Å². The number of anilines is 1. The third kappa shape index (κ3) is 4.52. The van der Waals surface area contributed by atoms with Gasteiger partial charge in [-0.2, -0.15) is 0 Å². The van der Waals surface area contributed by atoms with Crippen LogP contribution in [0.3, 0.4) is 0 Å². The number of hydrogen-bond donors (Lipinski definition) is 3. The molecule has 4 aliphatic rings. The maximum Gasteiger partial charge on any atom is 0.279 e. The lowest BCUT2D eigenvalue weighted by Gasteiger charge is -2.56. The smallest absolute Gasteiger partial charge is 0.279 e. The number of quaternary nitrogens is 1. The molecule has 4 bridgehead atoms. The molecule has 5 rings (SSSR count). The van der Waals surface area contributed by atoms with Crippen LogP contribution in [0.5, 0.6) is 0 Å². The number of hydrogen-bond acceptors (Lipinski definition) is 2. The molecule has 4 saturated carbocycles. The molecular formula is C22H31ClN3O2+. The Morgan fingerprint density at radius 1 is 1.04 bits per heavy atom. The number of amides is 2. The van der Waals surface area contributed by atoms with Gasteiger partial charge in [0.25, 0.3) is 11.8 Å². The molecule has 0 saturated heterocycles. The van der Waals surface area contributed by atoms with Gasteiger partial charge in [0.15, 0.2) is 13.1 Å². The molecule has 1 aromatic rings. The highest BCUT2D eigenvalue weighted by atomic mass is 35.5. The molecule has 6 heteroatoms. The fourth-order valence-electron chi connectivity index (χ4n) is 6.22. The molecule has 28 heavy (non-hydrogen) atoms. The minimum atomic E-state index is -0.139. The standard InChI is InChI=1S/C22H30ClN3O2/c1-26(13-21(28)25-19-5-3-2-4-18(19)23)12-20(27)24-14-22-9-15-6-16(10-22)8-17(7-15)11-22/h2-5,15-17H,6-14H2,1H3,(H,24,27)(H,25,28)/p+1. The third-order valence-corrected chi connectivity index (χ3v) is 7.23. The fraction of sp³-hybridized carbons (Fsp3) is 0.636. The van der Waals surface area contributed by atoms with Crippen molar-refractivity contribution < 1.29 is 14.5 Å². The summed E-state index contributed by atoms with van der Waals surface area (Å²) in [5, 5.41) is 6.52. The quantitative estimate of drug-likeness (QED) is 0.651. The van der Waals surface area contributed by atoms with Crippen molar-refractivity contribution >= 4 is 29.1 Å². The molecule has 1 unspecified atom stereocenters. The van der Waals surface area contributed by atoms with Crippen molar-refractivity contribution in [2.75, 3.05) is 32.0 Å². The zero-order valence-electron chi connectivity index (χ0n) is 16.6. The van der Waals surface area contributed by atoms with Crippen LogP contribution in [0.2, 0.25) is 5.02 Å². The summed E-state index contributed by atoms with van der Waals surface area (Å²) in [7, 11) is 1.87. The van der Waals surface area contributed by atoms with Crippen LogP contribution in [-0.4, -0.2) is 38.5 Å². The van der Waals surface area contributed by atoms with E-state index in [1.54, 1.807) is 12.1 Å². The molecule has 0 aromatic heterocycles. The Morgan fingerprint density at radius 2 is 1.61 bits per heavy atom. The molecule has 0 spiro atoms. The number of nitrogens with one attached hydrogen (secondary N) is 3. The summed E-state index contributed by atoms with van der Waals surface area (Å²) in [6, 6.07) is 7.17. The molecule has 3 N–H and O–H groups in total. The van der Waals surface area contributed by atoms with Gasteiger partial charge in [-0.1, -0.05) is 23.7 Å². The number of carbonyl (C=O) groups excluding carboxylic acids is 2. The molecule has 1 atom stereocenters. The van der Waals surface area contributed by atoms with Crippen molar-refractivity contribution in [2.45, 2.75) is 38.5 Å². The Bertz CT molecular complexity index is 716. The topological polar surface area (TPSA) is 62.6 Å². The first-order chi connectivity index (χ1) is 13.4. The number of likely N-dealkylation sites (N-methyl/N-ethyl adjacent to an activating group) is 1. The Hall–Kier alpha value is -1.59. The first-order valence-corrected chi connectivity index (χ1v) is 10.9. The maximum absolute atomic E-state index is 12.5. The average molecular weight is 405 g/mol. The SMILES string of the molecule is C[NH+](CC(=O)NCC12CC3CC(CC(C3)C1)C2)CC(=O)Nc1ccccc1Cl. The van der Waals surface area contributed by atoms with E-state index in [2.05, 4.69) is 10.6 Å². The van der Waals surface area contributed by atoms with Crippen LogP contribution < -0.4 is 15.5 Å². The summed E-state index contributed by atoms with van der Waals surface area (Å²) in [5.41, 5.74) is 0.952. The highest BCUT2D eigenvalue weighted by Gasteiger charge is 2.50. The summed E-state index contributed by atoms with van der Waals surface area (Å²) < 4.78 is 0. The van der Waals surface area contributed by atoms with E-state index in [1.807, 2.05) is 19.2 Å². The Kier molecular flexibility index (Phi) is 5.66. The summed E-state index contributed by atoms with van der Waals surface area (Å²) in [4.78, 5) is 25.5. The van der Waals surface area contributed by atoms with Crippen LogP contribution >= 0.6 is 11.6 Å². The van der Waals surface area contributed by atoms with Crippen LogP contribution in [0.15, 0.2) is 24.3 Å². The second-order valence-corrected chi connectivity index (χ2v) is 9.94. The highest BCUT2D eigenvalue weighted by Crippen LogP contribution is 2.59. The van der Waals surface area contributed by atoms with Crippen molar-refractivity contribution in [2.24, 2.45) is 23.2 Å². The number of carbonyl (C=O) groups is 2. The van der Waals surface area contributed by atoms with Gasteiger partial charge in [0.2, 0.25) is 0 Å². The Balaban J connectivity index is 1.22. The number of halogens is 1. The van der Waals surface area contributed by atoms with Crippen LogP contribution in [0.4, 0.5) is 5.69 Å². The zero-order chi connectivity index (χ0) is 19.7. The lowest BCUT2D eigenvalue weighted by molar-refractivity contribution is -0.862. The van der Waals surface area contributed by atoms with Crippen molar-refractivity contribution in [3.63, 3.8) is 0 Å². The molecular weight excluding hydrogens is 374 g/mol. The summed E-state index contributed by atoms with van der Waals surface area (Å²) in [5.74, 6) is 2.58. The van der Waals surface area contributed by atoms with Crippen LogP contribution in [0.25, 0.3) is 0 Å². The second kappa shape index (κ2) is 8.03. The van der Waals surface area contributed by atoms with Gasteiger partial charge >= 0.3 is 0 Å². The summed E-state index contributed by atoms with van der Waals surface area (Å²) in [6.45, 7) is 1.35. The summed E-state index contributed by atoms with van der Waals surface area (Å²) in [6.07, 6.45) is 8.13. The molecule has 4 aliphatic carbocycles. The molecule has 1 aromatic carbocycles. The minimum absolute atomic E-state index is 0.0405. The van der Waals surface area contributed by atoms with Crippen molar-refractivity contribution in [3.8, 4) is 0 Å². The first kappa shape index (κ1) is 19.7. The molecule has 0 aliphatic heterocycles. The monoisotopic (exact) mass is 404 g/mol. The number of benzene rings is 1. The Labute approximate surface area is 172 Å². The molecule has 2 amide bonds. The molecule has 0 heterocycles. The number of para-hydroxylation sites is 1. The lowest BCUT2D eigenvalue weighted by atomic mass is 9.49. The Morgan fingerprint density at radius 3 is 2.21 bits per heavy atom. The van der Waals surface area contributed by atoms with E-state index in [1.165, 1.54) is 38.5 Å². The minimum Gasteiger partial charge on any atom is -0.351 e. The first-order valence-electron chi connectivity index (χ1n) is 10.5. The van der Waals surface area contributed by atoms with Crippen LogP contribution in [0, 0.1) is 23.2 Å². The van der Waals surface area contributed by atoms with E-state index >= 15 is 0 Å². The molecule has 152 valence electrons. The number of rotatable bonds is 7. The van der Waals surface area contributed by atoms with E-state index in [-0.39, 0.29) is 18.4 Å². The predicted octanol–water partition coefficient (Wildman–Crippen LogP) is 2.13. The normalized spacial score (nSPS) is 31.4. The third-order valence-electron chi connectivity index (χ3n) is 6.90. The van der Waals surface area contributed by atoms with Gasteiger partial charge in [0, 0.05) is 6.54 Å². The van der Waals surface area contributed by atoms with E-state index in [0.29, 0.717) is 22.7 Å². The van der Waals surface area contributed by atoms with Crippen molar-refractivity contribution in [1.82, 2.24) is 5.32 Å². The van der Waals surface area contributed by atoms with E-state index < -0.39 is 0 Å². The maximum atomic E-state index is 12.5. The van der Waals surface area contributed by atoms with Gasteiger partial charge in [-0.05, 0) is 73.8 Å². The van der Waals surface area contributed by atoms with Gasteiger partial charge in [-0.25, -0.2) is 0 Å². The van der Waals surface area contributed by atoms with E-state index in [4.69, 9.17) is 11.6 Å². The van der Waals surface area contributed by atoms with Gasteiger partial charge < -0.3 is 15.5 Å². The molecule has 4 fully saturated rings. The van der Waals surface area contributed by atoms with Crippen molar-refractivity contribution in [3.05, 3.63) is 29.3 Å². The molecule has 5 nitrogen and oxygen atoms in total.